The van der Waals surface area contributed by atoms with Gasteiger partial charge in [0.1, 0.15) is 6.54 Å². The molecule has 18 heavy (non-hydrogen) atoms. The fraction of sp³-hybridized carbons (Fsp3) is 0.500. The quantitative estimate of drug-likeness (QED) is 0.584. The molecular weight excluding hydrogens is 242 g/mol. The van der Waals surface area contributed by atoms with E-state index in [0.717, 1.165) is 0 Å². The Morgan fingerprint density at radius 3 is 2.83 bits per heavy atom. The molecule has 0 unspecified atom stereocenters. The normalized spacial score (nSPS) is 11.7. The second kappa shape index (κ2) is 4.14. The predicted octanol–water partition coefficient (Wildman–Crippen LogP) is -0.189. The number of nitro groups is 1. The summed E-state index contributed by atoms with van der Waals surface area (Å²) in [6.45, 7) is 3.58. The molecule has 0 aromatic carbocycles. The van der Waals surface area contributed by atoms with E-state index in [1.54, 1.807) is 13.8 Å². The second-order valence-corrected chi connectivity index (χ2v) is 4.23. The molecule has 0 spiro atoms. The van der Waals surface area contributed by atoms with Gasteiger partial charge in [0, 0.05) is 5.10 Å². The molecule has 2 aromatic heterocycles. The van der Waals surface area contributed by atoms with Crippen molar-refractivity contribution in [3.8, 4) is 0 Å². The monoisotopic (exact) mass is 253 g/mol. The third-order valence-electron chi connectivity index (χ3n) is 2.03. The maximum Gasteiger partial charge on any atom is 0.490 e. The molecule has 2 aromatic rings. The van der Waals surface area contributed by atoms with Crippen molar-refractivity contribution in [2.45, 2.75) is 25.9 Å². The van der Waals surface area contributed by atoms with Gasteiger partial charge in [-0.25, -0.2) is 0 Å². The first-order chi connectivity index (χ1) is 8.36. The topological polar surface area (TPSA) is 139 Å². The first kappa shape index (κ1) is 12.1. The summed E-state index contributed by atoms with van der Waals surface area (Å²) in [4.78, 5) is 17.3. The number of nitrogens with zero attached hydrogens (tertiary/aromatic N) is 6. The number of aromatic nitrogens is 5. The Bertz CT molecular complexity index is 567. The summed E-state index contributed by atoms with van der Waals surface area (Å²) in [6, 6.07) is 0. The average molecular weight is 253 g/mol. The van der Waals surface area contributed by atoms with E-state index < -0.39 is 16.4 Å². The lowest BCUT2D eigenvalue weighted by molar-refractivity contribution is -0.394. The fourth-order valence-electron chi connectivity index (χ4n) is 1.16. The molecule has 10 nitrogen and oxygen atoms in total. The van der Waals surface area contributed by atoms with Gasteiger partial charge in [0.25, 0.3) is 0 Å². The average Bonchev–Trinajstić information content (AvgIpc) is 2.85. The van der Waals surface area contributed by atoms with E-state index in [1.165, 1.54) is 11.0 Å². The lowest BCUT2D eigenvalue weighted by Gasteiger charge is -2.11. The Morgan fingerprint density at radius 1 is 1.61 bits per heavy atom. The highest BCUT2D eigenvalue weighted by atomic mass is 16.6. The third-order valence-corrected chi connectivity index (χ3v) is 2.03. The Labute approximate surface area is 101 Å². The first-order valence-electron chi connectivity index (χ1n) is 5.02. The van der Waals surface area contributed by atoms with Gasteiger partial charge in [-0.3, -0.25) is 0 Å². The van der Waals surface area contributed by atoms with E-state index in [1.807, 2.05) is 0 Å². The van der Waals surface area contributed by atoms with Crippen molar-refractivity contribution in [1.82, 2.24) is 24.9 Å². The summed E-state index contributed by atoms with van der Waals surface area (Å²) in [5.74, 6) is 0.129. The van der Waals surface area contributed by atoms with Gasteiger partial charge in [-0.2, -0.15) is 9.67 Å². The van der Waals surface area contributed by atoms with Crippen LogP contribution in [0.2, 0.25) is 0 Å². The molecule has 0 atom stereocenters. The van der Waals surface area contributed by atoms with Gasteiger partial charge in [-0.1, -0.05) is 10.1 Å². The van der Waals surface area contributed by atoms with Crippen LogP contribution in [0, 0.1) is 10.1 Å². The first-order valence-corrected chi connectivity index (χ1v) is 5.02. The van der Waals surface area contributed by atoms with E-state index >= 15 is 0 Å². The van der Waals surface area contributed by atoms with Gasteiger partial charge in [-0.05, 0) is 18.8 Å². The Kier molecular flexibility index (Phi) is 2.79. The van der Waals surface area contributed by atoms with Crippen LogP contribution in [0.3, 0.4) is 0 Å². The van der Waals surface area contributed by atoms with Crippen molar-refractivity contribution in [3.05, 3.63) is 28.2 Å². The molecule has 0 radical (unpaired) electrons. The largest absolute Gasteiger partial charge is 0.490 e. The third kappa shape index (κ3) is 2.48. The van der Waals surface area contributed by atoms with Crippen LogP contribution in [0.1, 0.15) is 25.6 Å². The molecule has 0 aliphatic heterocycles. The molecular formula is C8H11N7O3. The molecule has 0 saturated carbocycles. The van der Waals surface area contributed by atoms with Crippen LogP contribution in [-0.2, 0) is 12.1 Å². The zero-order chi connectivity index (χ0) is 13.3. The maximum atomic E-state index is 10.4. The Hall–Kier alpha value is -2.36. The molecule has 0 amide bonds. The van der Waals surface area contributed by atoms with Crippen molar-refractivity contribution in [3.63, 3.8) is 0 Å². The minimum absolute atomic E-state index is 0.101. The van der Waals surface area contributed by atoms with E-state index in [2.05, 4.69) is 20.2 Å². The minimum atomic E-state index is -0.712. The van der Waals surface area contributed by atoms with Crippen LogP contribution in [0.4, 0.5) is 5.95 Å². The lowest BCUT2D eigenvalue weighted by Crippen LogP contribution is -2.30. The molecule has 0 aliphatic carbocycles. The van der Waals surface area contributed by atoms with Crippen molar-refractivity contribution < 1.29 is 9.45 Å². The summed E-state index contributed by atoms with van der Waals surface area (Å²) in [6.07, 6.45) is 1.22. The van der Waals surface area contributed by atoms with Gasteiger partial charge in [-0.15, -0.1) is 0 Å². The van der Waals surface area contributed by atoms with E-state index in [4.69, 9.17) is 10.3 Å². The van der Waals surface area contributed by atoms with Crippen LogP contribution < -0.4 is 5.73 Å². The number of nitrogens with two attached hydrogens (primary N) is 1. The number of rotatable bonds is 4. The molecule has 2 heterocycles. The molecule has 2 rings (SSSR count). The van der Waals surface area contributed by atoms with E-state index in [-0.39, 0.29) is 12.4 Å². The van der Waals surface area contributed by atoms with Gasteiger partial charge >= 0.3 is 5.95 Å². The SMILES string of the molecule is CC(C)(N)c1noc(Cn2cnc([N+](=O)[O-])n2)n1. The highest BCUT2D eigenvalue weighted by Crippen LogP contribution is 2.13. The summed E-state index contributed by atoms with van der Waals surface area (Å²) in [7, 11) is 0. The minimum Gasteiger partial charge on any atom is -0.390 e. The maximum absolute atomic E-state index is 10.4. The van der Waals surface area contributed by atoms with Crippen molar-refractivity contribution in [1.29, 1.82) is 0 Å². The van der Waals surface area contributed by atoms with Gasteiger partial charge < -0.3 is 20.4 Å². The van der Waals surface area contributed by atoms with Crippen molar-refractivity contribution >= 4 is 5.95 Å². The zero-order valence-electron chi connectivity index (χ0n) is 9.77. The Balaban J connectivity index is 2.14. The van der Waals surface area contributed by atoms with Crippen molar-refractivity contribution in [2.24, 2.45) is 5.73 Å². The fourth-order valence-corrected chi connectivity index (χ4v) is 1.16. The van der Waals surface area contributed by atoms with E-state index in [9.17, 15) is 10.1 Å². The molecule has 96 valence electrons. The van der Waals surface area contributed by atoms with Gasteiger partial charge in [0.15, 0.2) is 5.82 Å². The van der Waals surface area contributed by atoms with Gasteiger partial charge in [0.2, 0.25) is 12.2 Å². The summed E-state index contributed by atoms with van der Waals surface area (Å²) in [5, 5.41) is 17.7. The van der Waals surface area contributed by atoms with E-state index in [0.29, 0.717) is 5.82 Å². The predicted molar refractivity (Wildman–Crippen MR) is 57.3 cm³/mol. The lowest BCUT2D eigenvalue weighted by atomic mass is 10.1. The van der Waals surface area contributed by atoms with Gasteiger partial charge in [0.05, 0.1) is 5.54 Å². The van der Waals surface area contributed by atoms with Crippen LogP contribution in [-0.4, -0.2) is 29.8 Å². The molecule has 0 saturated heterocycles. The van der Waals surface area contributed by atoms with Crippen LogP contribution >= 0.6 is 0 Å². The smallest absolute Gasteiger partial charge is 0.390 e. The zero-order valence-corrected chi connectivity index (χ0v) is 9.77. The molecule has 2 N–H and O–H groups in total. The van der Waals surface area contributed by atoms with Crippen LogP contribution in [0.5, 0.6) is 0 Å². The van der Waals surface area contributed by atoms with Crippen molar-refractivity contribution in [2.75, 3.05) is 0 Å². The highest BCUT2D eigenvalue weighted by molar-refractivity contribution is 5.00. The molecule has 10 heteroatoms. The molecule has 0 aliphatic rings. The van der Waals surface area contributed by atoms with Crippen LogP contribution in [0.15, 0.2) is 10.9 Å². The second-order valence-electron chi connectivity index (χ2n) is 4.23. The standard InChI is InChI=1S/C8H11N7O3/c1-8(2,9)6-11-5(18-13-6)3-14-4-10-7(12-14)15(16)17/h4H,3,9H2,1-2H3. The summed E-state index contributed by atoms with van der Waals surface area (Å²) in [5.41, 5.74) is 5.09. The summed E-state index contributed by atoms with van der Waals surface area (Å²) < 4.78 is 6.20. The molecule has 0 fully saturated rings. The number of hydrogen-bond acceptors (Lipinski definition) is 8. The molecule has 0 bridgehead atoms. The Morgan fingerprint density at radius 2 is 2.33 bits per heavy atom. The number of hydrogen-bond donors (Lipinski definition) is 1. The highest BCUT2D eigenvalue weighted by Gasteiger charge is 2.22. The summed E-state index contributed by atoms with van der Waals surface area (Å²) >= 11 is 0. The van der Waals surface area contributed by atoms with Crippen LogP contribution in [0.25, 0.3) is 0 Å².